The van der Waals surface area contributed by atoms with Gasteiger partial charge in [-0.25, -0.2) is 14.4 Å². The van der Waals surface area contributed by atoms with Gasteiger partial charge in [-0.1, -0.05) is 6.08 Å². The van der Waals surface area contributed by atoms with Gasteiger partial charge in [-0.3, -0.25) is 9.48 Å². The molecule has 1 saturated carbocycles. The van der Waals surface area contributed by atoms with E-state index in [2.05, 4.69) is 26.5 Å². The quantitative estimate of drug-likeness (QED) is 0.897. The molecule has 2 bridgehead atoms. The summed E-state index contributed by atoms with van der Waals surface area (Å²) in [6, 6.07) is 2.11. The Labute approximate surface area is 156 Å². The first-order valence-corrected chi connectivity index (χ1v) is 9.34. The molecule has 2 fully saturated rings. The second-order valence-electron chi connectivity index (χ2n) is 7.59. The van der Waals surface area contributed by atoms with Crippen LogP contribution in [0.2, 0.25) is 0 Å². The van der Waals surface area contributed by atoms with Crippen LogP contribution in [0.25, 0.3) is 5.57 Å². The van der Waals surface area contributed by atoms with Crippen LogP contribution in [0.4, 0.5) is 16.0 Å². The second kappa shape index (κ2) is 6.14. The number of hydrogen-bond acceptors (Lipinski definition) is 5. The molecule has 4 heterocycles. The lowest BCUT2D eigenvalue weighted by Gasteiger charge is -2.34. The number of aryl methyl sites for hydroxylation is 1. The van der Waals surface area contributed by atoms with Gasteiger partial charge in [0.2, 0.25) is 11.9 Å². The Hall–Kier alpha value is -2.77. The van der Waals surface area contributed by atoms with E-state index in [0.717, 1.165) is 36.2 Å². The molecule has 2 aromatic heterocycles. The van der Waals surface area contributed by atoms with Crippen molar-refractivity contribution in [2.75, 3.05) is 5.32 Å². The Bertz CT molecular complexity index is 924. The number of aromatic nitrogens is 4. The van der Waals surface area contributed by atoms with E-state index in [0.29, 0.717) is 12.4 Å². The number of nitrogens with one attached hydrogen (secondary N) is 1. The van der Waals surface area contributed by atoms with Crippen LogP contribution in [0.15, 0.2) is 30.7 Å². The molecule has 2 aromatic rings. The van der Waals surface area contributed by atoms with Gasteiger partial charge < -0.3 is 10.2 Å². The predicted molar refractivity (Wildman–Crippen MR) is 97.8 cm³/mol. The largest absolute Gasteiger partial charge is 0.333 e. The minimum atomic E-state index is -0.940. The zero-order valence-corrected chi connectivity index (χ0v) is 15.0. The van der Waals surface area contributed by atoms with Crippen molar-refractivity contribution in [3.8, 4) is 0 Å². The zero-order chi connectivity index (χ0) is 18.5. The van der Waals surface area contributed by atoms with Gasteiger partial charge in [-0.2, -0.15) is 5.10 Å². The van der Waals surface area contributed by atoms with Crippen molar-refractivity contribution in [3.05, 3.63) is 36.4 Å². The normalized spacial score (nSPS) is 28.8. The number of carbonyl (C=O) groups excluding carboxylic acids is 1. The molecule has 1 N–H and O–H groups in total. The van der Waals surface area contributed by atoms with Gasteiger partial charge in [-0.15, -0.1) is 0 Å². The third-order valence-corrected chi connectivity index (χ3v) is 5.63. The number of amides is 1. The number of anilines is 2. The van der Waals surface area contributed by atoms with Crippen LogP contribution in [0.3, 0.4) is 0 Å². The fourth-order valence-electron chi connectivity index (χ4n) is 4.19. The molecule has 0 radical (unpaired) electrons. The van der Waals surface area contributed by atoms with Gasteiger partial charge in [0.05, 0.1) is 29.5 Å². The van der Waals surface area contributed by atoms with Gasteiger partial charge in [-0.05, 0) is 37.3 Å². The molecule has 2 aliphatic heterocycles. The summed E-state index contributed by atoms with van der Waals surface area (Å²) >= 11 is 0. The van der Waals surface area contributed by atoms with Crippen molar-refractivity contribution >= 4 is 23.1 Å². The molecule has 8 heteroatoms. The number of halogens is 1. The maximum atomic E-state index is 13.3. The summed E-state index contributed by atoms with van der Waals surface area (Å²) in [5.74, 6) is 0.106. The molecule has 27 heavy (non-hydrogen) atoms. The highest BCUT2D eigenvalue weighted by molar-refractivity contribution is 5.84. The maximum absolute atomic E-state index is 13.3. The number of nitrogens with zero attached hydrogens (tertiary/aromatic N) is 5. The minimum Gasteiger partial charge on any atom is -0.333 e. The number of alkyl halides is 1. The Morgan fingerprint density at radius 1 is 1.37 bits per heavy atom. The fourth-order valence-corrected chi connectivity index (χ4v) is 4.19. The van der Waals surface area contributed by atoms with Crippen molar-refractivity contribution in [3.63, 3.8) is 0 Å². The Kier molecular flexibility index (Phi) is 3.73. The molecule has 1 saturated heterocycles. The number of fused-ring (bicyclic) bond motifs is 2. The molecule has 1 aliphatic carbocycles. The van der Waals surface area contributed by atoms with Crippen molar-refractivity contribution in [1.29, 1.82) is 0 Å². The summed E-state index contributed by atoms with van der Waals surface area (Å²) in [5.41, 5.74) is 2.83. The topological polar surface area (TPSA) is 75.9 Å². The summed E-state index contributed by atoms with van der Waals surface area (Å²) < 4.78 is 15.0. The zero-order valence-electron chi connectivity index (χ0n) is 15.0. The van der Waals surface area contributed by atoms with Crippen LogP contribution < -0.4 is 5.32 Å². The summed E-state index contributed by atoms with van der Waals surface area (Å²) in [4.78, 5) is 23.4. The van der Waals surface area contributed by atoms with Gasteiger partial charge in [0.25, 0.3) is 0 Å². The first-order chi connectivity index (χ1) is 13.1. The molecular formula is C19H21FN6O. The molecule has 0 spiro atoms. The summed E-state index contributed by atoms with van der Waals surface area (Å²) in [7, 11) is 1.85. The number of hydrogen-bond donors (Lipinski definition) is 1. The van der Waals surface area contributed by atoms with Crippen molar-refractivity contribution < 1.29 is 9.18 Å². The number of carbonyl (C=O) groups is 1. The lowest BCUT2D eigenvalue weighted by Crippen LogP contribution is -2.44. The monoisotopic (exact) mass is 368 g/mol. The SMILES string of the molecule is Cn1cc(Nc2nccc(C3=CC4CCC(C3)N4C(=O)[C@@H]3C[C@H]3F)n2)cn1. The molecule has 5 rings (SSSR count). The molecule has 140 valence electrons. The van der Waals surface area contributed by atoms with Crippen LogP contribution in [0.5, 0.6) is 0 Å². The smallest absolute Gasteiger partial charge is 0.229 e. The van der Waals surface area contributed by atoms with Crippen molar-refractivity contribution in [2.24, 2.45) is 13.0 Å². The fraction of sp³-hybridized carbons (Fsp3) is 0.474. The van der Waals surface area contributed by atoms with Crippen LogP contribution in [-0.2, 0) is 11.8 Å². The molecule has 1 amide bonds. The average Bonchev–Trinajstić information content (AvgIpc) is 3.16. The van der Waals surface area contributed by atoms with Gasteiger partial charge in [0, 0.05) is 25.5 Å². The summed E-state index contributed by atoms with van der Waals surface area (Å²) in [5, 5.41) is 7.28. The van der Waals surface area contributed by atoms with E-state index in [1.54, 1.807) is 17.1 Å². The third-order valence-electron chi connectivity index (χ3n) is 5.63. The molecule has 0 aromatic carbocycles. The van der Waals surface area contributed by atoms with Gasteiger partial charge in [0.1, 0.15) is 6.17 Å². The van der Waals surface area contributed by atoms with Crippen molar-refractivity contribution in [1.82, 2.24) is 24.6 Å². The van der Waals surface area contributed by atoms with E-state index in [9.17, 15) is 9.18 Å². The maximum Gasteiger partial charge on any atom is 0.229 e. The van der Waals surface area contributed by atoms with Crippen LogP contribution in [0.1, 0.15) is 31.4 Å². The van der Waals surface area contributed by atoms with E-state index >= 15 is 0 Å². The lowest BCUT2D eigenvalue weighted by molar-refractivity contribution is -0.135. The number of rotatable bonds is 4. The standard InChI is InChI=1S/C19H21FN6O/c1-25-10-12(9-22-25)23-19-21-5-4-17(24-19)11-6-13-2-3-14(7-11)26(13)18(27)15-8-16(15)20/h4-6,9-10,13-16H,2-3,7-8H2,1H3,(H,21,23,24)/t13?,14?,15-,16-/m1/s1. The molecule has 2 unspecified atom stereocenters. The highest BCUT2D eigenvalue weighted by atomic mass is 19.1. The van der Waals surface area contributed by atoms with Crippen molar-refractivity contribution in [2.45, 2.75) is 43.9 Å². The first kappa shape index (κ1) is 16.4. The Balaban J connectivity index is 1.36. The Morgan fingerprint density at radius 3 is 2.93 bits per heavy atom. The van der Waals surface area contributed by atoms with Crippen LogP contribution in [-0.4, -0.2) is 48.8 Å². The second-order valence-corrected chi connectivity index (χ2v) is 7.59. The van der Waals surface area contributed by atoms with E-state index in [-0.39, 0.29) is 18.0 Å². The Morgan fingerprint density at radius 2 is 2.22 bits per heavy atom. The highest BCUT2D eigenvalue weighted by Crippen LogP contribution is 2.43. The van der Waals surface area contributed by atoms with E-state index in [1.807, 2.05) is 24.2 Å². The van der Waals surface area contributed by atoms with E-state index < -0.39 is 12.1 Å². The predicted octanol–water partition coefficient (Wildman–Crippen LogP) is 2.46. The molecular weight excluding hydrogens is 347 g/mol. The van der Waals surface area contributed by atoms with Gasteiger partial charge in [0.15, 0.2) is 0 Å². The summed E-state index contributed by atoms with van der Waals surface area (Å²) in [6.45, 7) is 0. The van der Waals surface area contributed by atoms with Crippen LogP contribution in [0, 0.1) is 5.92 Å². The van der Waals surface area contributed by atoms with E-state index in [4.69, 9.17) is 0 Å². The van der Waals surface area contributed by atoms with E-state index in [1.165, 1.54) is 0 Å². The van der Waals surface area contributed by atoms with Gasteiger partial charge >= 0.3 is 0 Å². The van der Waals surface area contributed by atoms with Crippen LogP contribution >= 0.6 is 0 Å². The molecule has 4 atom stereocenters. The molecule has 7 nitrogen and oxygen atoms in total. The first-order valence-electron chi connectivity index (χ1n) is 9.34. The highest BCUT2D eigenvalue weighted by Gasteiger charge is 2.50. The molecule has 3 aliphatic rings. The lowest BCUT2D eigenvalue weighted by atomic mass is 9.98. The minimum absolute atomic E-state index is 0.00748. The summed E-state index contributed by atoms with van der Waals surface area (Å²) in [6.07, 6.45) is 9.56. The third kappa shape index (κ3) is 2.98. The average molecular weight is 368 g/mol.